The Hall–Kier alpha value is -5.86. The maximum atomic E-state index is 13.4. The van der Waals surface area contributed by atoms with Crippen molar-refractivity contribution in [2.45, 2.75) is 30.6 Å². The summed E-state index contributed by atoms with van der Waals surface area (Å²) in [5, 5.41) is 33.4. The fourth-order valence-corrected chi connectivity index (χ4v) is 6.96. The van der Waals surface area contributed by atoms with Crippen molar-refractivity contribution in [2.75, 3.05) is 47.1 Å². The lowest BCUT2D eigenvalue weighted by Crippen LogP contribution is -2.43. The van der Waals surface area contributed by atoms with Crippen molar-refractivity contribution in [3.8, 4) is 11.5 Å². The van der Waals surface area contributed by atoms with Crippen molar-refractivity contribution in [3.63, 3.8) is 0 Å². The summed E-state index contributed by atoms with van der Waals surface area (Å²) in [6.07, 6.45) is -0.164. The van der Waals surface area contributed by atoms with Crippen molar-refractivity contribution < 1.29 is 33.8 Å². The molecule has 1 heterocycles. The number of azo groups is 1. The number of β-amino-alcohol motifs (C(OH)–C–C–N with tert-alkyl or cyclic N) is 1. The van der Waals surface area contributed by atoms with Crippen molar-refractivity contribution in [1.82, 2.24) is 10.2 Å². The fraction of sp³-hybridized carbons (Fsp3) is 0.279. The van der Waals surface area contributed by atoms with Crippen LogP contribution < -0.4 is 14.8 Å². The van der Waals surface area contributed by atoms with Gasteiger partial charge >= 0.3 is 6.09 Å². The standard InChI is InChI=1S/C43H44ClN5O8/c1-54-38-17-10-32(11-18-38)43(31-6-4-3-5-7-31,33-12-19-39(55-2)20-13-33)57-29-36-26-37(50)28-48(36)42(51)56-25-24-45-23-22-30-8-14-34(15-9-30)46-47-41-21-16-35(49(52)53)27-40(41)44/h3-21,27,36-37,45,50H,22-26,28-29H2,1-2H3/t36-,37+/m0/s1. The molecule has 1 aliphatic heterocycles. The third-order valence-corrected chi connectivity index (χ3v) is 10.0. The Morgan fingerprint density at radius 2 is 1.51 bits per heavy atom. The molecule has 5 aromatic carbocycles. The molecule has 296 valence electrons. The minimum atomic E-state index is -1.07. The van der Waals surface area contributed by atoms with Crippen LogP contribution in [0.25, 0.3) is 0 Å². The molecule has 5 aromatic rings. The van der Waals surface area contributed by atoms with Gasteiger partial charge in [0.1, 0.15) is 29.4 Å². The summed E-state index contributed by atoms with van der Waals surface area (Å²) in [4.78, 5) is 25.4. The van der Waals surface area contributed by atoms with E-state index in [0.717, 1.165) is 28.7 Å². The SMILES string of the molecule is COc1ccc(C(OC[C@@H]2C[C@@H](O)CN2C(=O)OCCNCCc2ccc(N=Nc3ccc([N+](=O)[O-])cc3Cl)cc2)(c2ccccc2)c2ccc(OC)cc2)cc1. The second-order valence-corrected chi connectivity index (χ2v) is 13.8. The van der Waals surface area contributed by atoms with Crippen LogP contribution in [0.3, 0.4) is 0 Å². The molecular weight excluding hydrogens is 750 g/mol. The molecule has 1 amide bonds. The molecule has 57 heavy (non-hydrogen) atoms. The van der Waals surface area contributed by atoms with Crippen LogP contribution in [0.5, 0.6) is 11.5 Å². The van der Waals surface area contributed by atoms with Crippen molar-refractivity contribution >= 4 is 34.8 Å². The summed E-state index contributed by atoms with van der Waals surface area (Å²) in [6.45, 7) is 1.50. The molecule has 0 radical (unpaired) electrons. The van der Waals surface area contributed by atoms with Crippen LogP contribution in [0.15, 0.2) is 132 Å². The van der Waals surface area contributed by atoms with Gasteiger partial charge in [-0.05, 0) is 84.1 Å². The van der Waals surface area contributed by atoms with E-state index >= 15 is 0 Å². The van der Waals surface area contributed by atoms with Gasteiger partial charge < -0.3 is 34.3 Å². The summed E-state index contributed by atoms with van der Waals surface area (Å²) in [5.41, 5.74) is 3.45. The smallest absolute Gasteiger partial charge is 0.410 e. The number of amides is 1. The first kappa shape index (κ1) is 40.8. The quantitative estimate of drug-likeness (QED) is 0.0310. The highest BCUT2D eigenvalue weighted by molar-refractivity contribution is 6.33. The number of nitro groups is 1. The van der Waals surface area contributed by atoms with Gasteiger partial charge in [0, 0.05) is 18.7 Å². The number of hydrogen-bond acceptors (Lipinski definition) is 11. The Bertz CT molecular complexity index is 2070. The molecule has 0 aromatic heterocycles. The second-order valence-electron chi connectivity index (χ2n) is 13.4. The molecular formula is C43H44ClN5O8. The predicted molar refractivity (Wildman–Crippen MR) is 216 cm³/mol. The third kappa shape index (κ3) is 10.1. The number of nitrogens with one attached hydrogen (secondary N) is 1. The monoisotopic (exact) mass is 793 g/mol. The van der Waals surface area contributed by atoms with Crippen molar-refractivity contribution in [2.24, 2.45) is 10.2 Å². The first-order valence-corrected chi connectivity index (χ1v) is 18.8. The van der Waals surface area contributed by atoms with E-state index in [1.54, 1.807) is 19.1 Å². The number of hydrogen-bond donors (Lipinski definition) is 2. The lowest BCUT2D eigenvalue weighted by atomic mass is 9.80. The Balaban J connectivity index is 1.04. The average Bonchev–Trinajstić information content (AvgIpc) is 3.63. The summed E-state index contributed by atoms with van der Waals surface area (Å²) in [7, 11) is 3.25. The molecule has 1 aliphatic rings. The van der Waals surface area contributed by atoms with E-state index in [0.29, 0.717) is 42.4 Å². The molecule has 1 saturated heterocycles. The van der Waals surface area contributed by atoms with E-state index in [4.69, 9.17) is 30.5 Å². The minimum absolute atomic E-state index is 0.116. The summed E-state index contributed by atoms with van der Waals surface area (Å²) in [5.74, 6) is 1.42. The number of carbonyl (C=O) groups is 1. The Morgan fingerprint density at radius 3 is 2.11 bits per heavy atom. The van der Waals surface area contributed by atoms with Crippen LogP contribution in [0.2, 0.25) is 5.02 Å². The van der Waals surface area contributed by atoms with Crippen LogP contribution in [-0.2, 0) is 21.5 Å². The molecule has 0 unspecified atom stereocenters. The number of aliphatic hydroxyl groups is 1. The van der Waals surface area contributed by atoms with E-state index in [9.17, 15) is 20.0 Å². The predicted octanol–water partition coefficient (Wildman–Crippen LogP) is 8.39. The number of likely N-dealkylation sites (tertiary alicyclic amines) is 1. The van der Waals surface area contributed by atoms with Gasteiger partial charge in [0.25, 0.3) is 5.69 Å². The van der Waals surface area contributed by atoms with Crippen molar-refractivity contribution in [1.29, 1.82) is 0 Å². The topological polar surface area (TPSA) is 157 Å². The molecule has 1 fully saturated rings. The van der Waals surface area contributed by atoms with Crippen LogP contribution in [0.4, 0.5) is 21.9 Å². The van der Waals surface area contributed by atoms with E-state index in [1.807, 2.05) is 103 Å². The molecule has 2 N–H and O–H groups in total. The Morgan fingerprint density at radius 1 is 0.877 bits per heavy atom. The van der Waals surface area contributed by atoms with Gasteiger partial charge in [0.2, 0.25) is 0 Å². The second kappa shape index (κ2) is 19.3. The van der Waals surface area contributed by atoms with Crippen LogP contribution in [-0.4, -0.2) is 80.2 Å². The summed E-state index contributed by atoms with van der Waals surface area (Å²) < 4.78 is 23.6. The fourth-order valence-electron chi connectivity index (χ4n) is 6.75. The molecule has 0 spiro atoms. The summed E-state index contributed by atoms with van der Waals surface area (Å²) >= 11 is 6.10. The molecule has 0 aliphatic carbocycles. The van der Waals surface area contributed by atoms with Gasteiger partial charge in [-0.25, -0.2) is 4.79 Å². The van der Waals surface area contributed by atoms with Gasteiger partial charge in [0.05, 0.1) is 55.2 Å². The number of nitrogens with zero attached hydrogens (tertiary/aromatic N) is 4. The van der Waals surface area contributed by atoms with E-state index < -0.39 is 28.8 Å². The van der Waals surface area contributed by atoms with E-state index in [2.05, 4.69) is 15.5 Å². The van der Waals surface area contributed by atoms with Gasteiger partial charge in [-0.15, -0.1) is 5.11 Å². The maximum Gasteiger partial charge on any atom is 0.410 e. The zero-order valence-corrected chi connectivity index (χ0v) is 32.4. The lowest BCUT2D eigenvalue weighted by molar-refractivity contribution is -0.384. The summed E-state index contributed by atoms with van der Waals surface area (Å²) in [6, 6.07) is 36.5. The zero-order valence-electron chi connectivity index (χ0n) is 31.6. The van der Waals surface area contributed by atoms with Crippen molar-refractivity contribution in [3.05, 3.63) is 159 Å². The van der Waals surface area contributed by atoms with E-state index in [1.165, 1.54) is 18.2 Å². The number of non-ortho nitro benzene ring substituents is 1. The molecule has 14 heteroatoms. The third-order valence-electron chi connectivity index (χ3n) is 9.74. The number of rotatable bonds is 17. The highest BCUT2D eigenvalue weighted by atomic mass is 35.5. The molecule has 0 saturated carbocycles. The number of methoxy groups -OCH3 is 2. The average molecular weight is 794 g/mol. The number of halogens is 1. The van der Waals surface area contributed by atoms with E-state index in [-0.39, 0.29) is 30.5 Å². The number of aliphatic hydroxyl groups excluding tert-OH is 1. The molecule has 2 atom stereocenters. The highest BCUT2D eigenvalue weighted by Gasteiger charge is 2.42. The molecule has 6 rings (SSSR count). The van der Waals surface area contributed by atoms with Crippen LogP contribution in [0.1, 0.15) is 28.7 Å². The zero-order chi connectivity index (χ0) is 40.2. The number of nitro benzene ring substituents is 1. The first-order chi connectivity index (χ1) is 27.7. The van der Waals surface area contributed by atoms with Gasteiger partial charge in [-0.2, -0.15) is 5.11 Å². The van der Waals surface area contributed by atoms with Gasteiger partial charge in [0.15, 0.2) is 0 Å². The largest absolute Gasteiger partial charge is 0.497 e. The number of ether oxygens (including phenoxy) is 4. The van der Waals surface area contributed by atoms with Gasteiger partial charge in [-0.1, -0.05) is 78.3 Å². The maximum absolute atomic E-state index is 13.4. The molecule has 13 nitrogen and oxygen atoms in total. The normalized spacial score (nSPS) is 15.5. The number of benzene rings is 5. The van der Waals surface area contributed by atoms with Crippen LogP contribution in [0, 0.1) is 10.1 Å². The molecule has 0 bridgehead atoms. The van der Waals surface area contributed by atoms with Crippen LogP contribution >= 0.6 is 11.6 Å². The first-order valence-electron chi connectivity index (χ1n) is 18.5. The minimum Gasteiger partial charge on any atom is -0.497 e. The number of carbonyl (C=O) groups excluding carboxylic acids is 1. The Kier molecular flexibility index (Phi) is 13.8. The van der Waals surface area contributed by atoms with Gasteiger partial charge in [-0.3, -0.25) is 10.1 Å². The Labute approximate surface area is 336 Å². The lowest BCUT2D eigenvalue weighted by Gasteiger charge is -2.37. The highest BCUT2D eigenvalue weighted by Crippen LogP contribution is 2.42.